The van der Waals surface area contributed by atoms with Gasteiger partial charge in [-0.1, -0.05) is 11.6 Å². The predicted octanol–water partition coefficient (Wildman–Crippen LogP) is 4.74. The molecule has 2 aromatic heterocycles. The second kappa shape index (κ2) is 7.18. The Balaban J connectivity index is 1.97. The lowest BCUT2D eigenvalue weighted by Gasteiger charge is -2.09. The van der Waals surface area contributed by atoms with Crippen LogP contribution in [0.25, 0.3) is 0 Å². The summed E-state index contributed by atoms with van der Waals surface area (Å²) in [7, 11) is 0. The van der Waals surface area contributed by atoms with E-state index in [0.29, 0.717) is 10.8 Å². The van der Waals surface area contributed by atoms with Crippen LogP contribution < -0.4 is 10.6 Å². The molecule has 2 heterocycles. The lowest BCUT2D eigenvalue weighted by Crippen LogP contribution is -2.05. The number of aryl methyl sites for hydroxylation is 2. The van der Waals surface area contributed by atoms with Crippen molar-refractivity contribution in [3.05, 3.63) is 56.1 Å². The van der Waals surface area contributed by atoms with E-state index in [9.17, 15) is 14.5 Å². The molecule has 1 aromatic carbocycles. The Morgan fingerprint density at radius 1 is 1.23 bits per heavy atom. The molecule has 0 radical (unpaired) electrons. The van der Waals surface area contributed by atoms with Crippen LogP contribution in [-0.2, 0) is 0 Å². The third-order valence-corrected chi connectivity index (χ3v) is 4.72. The van der Waals surface area contributed by atoms with E-state index < -0.39 is 10.7 Å². The van der Waals surface area contributed by atoms with E-state index in [-0.39, 0.29) is 22.3 Å². The fourth-order valence-electron chi connectivity index (χ4n) is 2.07. The van der Waals surface area contributed by atoms with Crippen molar-refractivity contribution in [3.8, 4) is 0 Å². The third-order valence-electron chi connectivity index (χ3n) is 3.44. The molecule has 26 heavy (non-hydrogen) atoms. The smallest absolute Gasteiger partial charge is 0.334 e. The van der Waals surface area contributed by atoms with Crippen LogP contribution in [0.2, 0.25) is 5.02 Å². The van der Waals surface area contributed by atoms with Crippen LogP contribution in [-0.4, -0.2) is 19.9 Å². The molecule has 11 heteroatoms. The van der Waals surface area contributed by atoms with Crippen LogP contribution >= 0.6 is 22.9 Å². The first-order valence-electron chi connectivity index (χ1n) is 7.27. The quantitative estimate of drug-likeness (QED) is 0.475. The predicted molar refractivity (Wildman–Crippen MR) is 98.2 cm³/mol. The SMILES string of the molecule is Cc1nc(Nc2ncnc(Nc3ccc(F)c(Cl)c3)c2[N+](=O)[O-])sc1C. The first-order valence-corrected chi connectivity index (χ1v) is 8.47. The van der Waals surface area contributed by atoms with Gasteiger partial charge in [0.25, 0.3) is 0 Å². The fourth-order valence-corrected chi connectivity index (χ4v) is 3.07. The molecule has 3 aromatic rings. The van der Waals surface area contributed by atoms with Crippen LogP contribution in [0.15, 0.2) is 24.5 Å². The molecule has 3 rings (SSSR count). The van der Waals surface area contributed by atoms with Crippen molar-refractivity contribution in [2.75, 3.05) is 10.6 Å². The number of hydrogen-bond donors (Lipinski definition) is 2. The Kier molecular flexibility index (Phi) is 4.96. The average Bonchev–Trinajstić information content (AvgIpc) is 2.88. The van der Waals surface area contributed by atoms with Gasteiger partial charge in [-0.05, 0) is 32.0 Å². The van der Waals surface area contributed by atoms with Crippen molar-refractivity contribution in [1.82, 2.24) is 15.0 Å². The molecular weight excluding hydrogens is 383 g/mol. The summed E-state index contributed by atoms with van der Waals surface area (Å²) in [6.07, 6.45) is 1.18. The number of aromatic nitrogens is 3. The van der Waals surface area contributed by atoms with E-state index in [1.807, 2.05) is 13.8 Å². The van der Waals surface area contributed by atoms with Crippen molar-refractivity contribution in [2.45, 2.75) is 13.8 Å². The molecule has 0 bridgehead atoms. The number of halogens is 2. The molecule has 0 saturated heterocycles. The van der Waals surface area contributed by atoms with Crippen molar-refractivity contribution < 1.29 is 9.31 Å². The van der Waals surface area contributed by atoms with E-state index in [1.54, 1.807) is 0 Å². The van der Waals surface area contributed by atoms with E-state index in [0.717, 1.165) is 16.6 Å². The van der Waals surface area contributed by atoms with E-state index in [4.69, 9.17) is 11.6 Å². The number of anilines is 4. The first kappa shape index (κ1) is 18.0. The largest absolute Gasteiger partial charge is 0.353 e. The summed E-state index contributed by atoms with van der Waals surface area (Å²) in [6.45, 7) is 3.74. The monoisotopic (exact) mass is 394 g/mol. The van der Waals surface area contributed by atoms with Gasteiger partial charge in [0.05, 0.1) is 15.6 Å². The topological polar surface area (TPSA) is 106 Å². The molecule has 0 saturated carbocycles. The van der Waals surface area contributed by atoms with Gasteiger partial charge in [0.15, 0.2) is 5.13 Å². The maximum atomic E-state index is 13.3. The maximum Gasteiger partial charge on any atom is 0.353 e. The molecule has 0 amide bonds. The minimum atomic E-state index is -0.608. The molecule has 2 N–H and O–H groups in total. The number of nitrogens with one attached hydrogen (secondary N) is 2. The normalized spacial score (nSPS) is 10.6. The second-order valence-corrected chi connectivity index (χ2v) is 6.83. The Labute approximate surface area is 156 Å². The van der Waals surface area contributed by atoms with Gasteiger partial charge in [-0.25, -0.2) is 19.3 Å². The highest BCUT2D eigenvalue weighted by Crippen LogP contribution is 2.34. The summed E-state index contributed by atoms with van der Waals surface area (Å²) in [5, 5.41) is 17.5. The van der Waals surface area contributed by atoms with Gasteiger partial charge < -0.3 is 10.6 Å². The van der Waals surface area contributed by atoms with Gasteiger partial charge in [-0.3, -0.25) is 10.1 Å². The number of benzene rings is 1. The van der Waals surface area contributed by atoms with Gasteiger partial charge in [-0.2, -0.15) is 0 Å². The van der Waals surface area contributed by atoms with Gasteiger partial charge in [0.2, 0.25) is 11.6 Å². The van der Waals surface area contributed by atoms with Gasteiger partial charge >= 0.3 is 5.69 Å². The Morgan fingerprint density at radius 2 is 1.92 bits per heavy atom. The Bertz CT molecular complexity index is 977. The molecule has 0 aliphatic heterocycles. The summed E-state index contributed by atoms with van der Waals surface area (Å²) in [5.74, 6) is -0.652. The second-order valence-electron chi connectivity index (χ2n) is 5.22. The fraction of sp³-hybridized carbons (Fsp3) is 0.133. The number of nitro groups is 1. The van der Waals surface area contributed by atoms with E-state index in [1.165, 1.54) is 29.8 Å². The van der Waals surface area contributed by atoms with Gasteiger partial charge in [0, 0.05) is 10.6 Å². The van der Waals surface area contributed by atoms with Crippen LogP contribution in [0.3, 0.4) is 0 Å². The molecule has 0 spiro atoms. The van der Waals surface area contributed by atoms with E-state index in [2.05, 4.69) is 25.6 Å². The highest BCUT2D eigenvalue weighted by molar-refractivity contribution is 7.15. The summed E-state index contributed by atoms with van der Waals surface area (Å²) in [6, 6.07) is 3.86. The standard InChI is InChI=1S/C15H12ClFN6O2S/c1-7-8(2)26-15(20-7)22-14-12(23(24)25)13(18-6-19-14)21-9-3-4-11(17)10(16)5-9/h3-6H,1-2H3,(H2,18,19,20,21,22). The zero-order valence-corrected chi connectivity index (χ0v) is 15.2. The molecule has 0 aliphatic carbocycles. The van der Waals surface area contributed by atoms with Gasteiger partial charge in [0.1, 0.15) is 12.1 Å². The molecule has 0 unspecified atom stereocenters. The highest BCUT2D eigenvalue weighted by atomic mass is 35.5. The van der Waals surface area contributed by atoms with Crippen molar-refractivity contribution in [3.63, 3.8) is 0 Å². The lowest BCUT2D eigenvalue weighted by atomic mass is 10.3. The first-order chi connectivity index (χ1) is 12.3. The molecule has 134 valence electrons. The molecule has 8 nitrogen and oxygen atoms in total. The third kappa shape index (κ3) is 3.70. The Hall–Kier alpha value is -2.85. The molecule has 0 fully saturated rings. The number of rotatable bonds is 5. The molecule has 0 aliphatic rings. The van der Waals surface area contributed by atoms with Crippen molar-refractivity contribution >= 4 is 51.1 Å². The zero-order valence-electron chi connectivity index (χ0n) is 13.6. The lowest BCUT2D eigenvalue weighted by molar-refractivity contribution is -0.383. The summed E-state index contributed by atoms with van der Waals surface area (Å²) < 4.78 is 13.3. The minimum absolute atomic E-state index is 0.00513. The van der Waals surface area contributed by atoms with Crippen molar-refractivity contribution in [2.24, 2.45) is 0 Å². The minimum Gasteiger partial charge on any atom is -0.334 e. The number of nitrogens with zero attached hydrogens (tertiary/aromatic N) is 4. The summed E-state index contributed by atoms with van der Waals surface area (Å²) >= 11 is 7.10. The maximum absolute atomic E-state index is 13.3. The van der Waals surface area contributed by atoms with Crippen LogP contribution in [0.4, 0.5) is 32.5 Å². The van der Waals surface area contributed by atoms with Gasteiger partial charge in [-0.15, -0.1) is 11.3 Å². The van der Waals surface area contributed by atoms with Crippen LogP contribution in [0, 0.1) is 29.8 Å². The van der Waals surface area contributed by atoms with Crippen LogP contribution in [0.5, 0.6) is 0 Å². The zero-order chi connectivity index (χ0) is 18.8. The van der Waals surface area contributed by atoms with Crippen molar-refractivity contribution in [1.29, 1.82) is 0 Å². The molecule has 0 atom stereocenters. The molecular formula is C15H12ClFN6O2S. The Morgan fingerprint density at radius 3 is 2.50 bits per heavy atom. The highest BCUT2D eigenvalue weighted by Gasteiger charge is 2.24. The summed E-state index contributed by atoms with van der Waals surface area (Å²) in [5.41, 5.74) is 0.817. The van der Waals surface area contributed by atoms with E-state index >= 15 is 0 Å². The van der Waals surface area contributed by atoms with Crippen LogP contribution in [0.1, 0.15) is 10.6 Å². The summed E-state index contributed by atoms with van der Waals surface area (Å²) in [4.78, 5) is 24.1. The average molecular weight is 395 g/mol. The number of thiazole rings is 1. The number of hydrogen-bond acceptors (Lipinski definition) is 8.